The van der Waals surface area contributed by atoms with Crippen molar-refractivity contribution in [2.45, 2.75) is 72.4 Å². The average Bonchev–Trinajstić information content (AvgIpc) is 3.10. The van der Waals surface area contributed by atoms with Crippen molar-refractivity contribution in [2.75, 3.05) is 26.9 Å². The van der Waals surface area contributed by atoms with Crippen LogP contribution in [0.3, 0.4) is 0 Å². The lowest BCUT2D eigenvalue weighted by molar-refractivity contribution is -0.140. The van der Waals surface area contributed by atoms with Gasteiger partial charge in [0.25, 0.3) is 11.7 Å². The number of rotatable bonds is 10. The Bertz CT molecular complexity index is 1210. The molecule has 0 spiro atoms. The first-order chi connectivity index (χ1) is 17.9. The van der Waals surface area contributed by atoms with E-state index >= 15 is 0 Å². The van der Waals surface area contributed by atoms with Gasteiger partial charge in [-0.25, -0.2) is 0 Å². The van der Waals surface area contributed by atoms with Crippen LogP contribution in [0.5, 0.6) is 11.5 Å². The number of amides is 1. The topological polar surface area (TPSA) is 85.3 Å². The van der Waals surface area contributed by atoms with Gasteiger partial charge in [-0.05, 0) is 74.4 Å². The fourth-order valence-corrected chi connectivity index (χ4v) is 4.63. The van der Waals surface area contributed by atoms with Crippen molar-refractivity contribution in [3.8, 4) is 11.5 Å². The second kappa shape index (κ2) is 12.0. The zero-order chi connectivity index (χ0) is 28.2. The van der Waals surface area contributed by atoms with Crippen molar-refractivity contribution in [2.24, 2.45) is 0 Å². The first kappa shape index (κ1) is 29.2. The number of aliphatic hydroxyl groups is 1. The van der Waals surface area contributed by atoms with Crippen molar-refractivity contribution in [1.29, 1.82) is 0 Å². The van der Waals surface area contributed by atoms with Crippen LogP contribution in [0.2, 0.25) is 0 Å². The predicted octanol–water partition coefficient (Wildman–Crippen LogP) is 5.94. The maximum atomic E-state index is 13.5. The van der Waals surface area contributed by atoms with E-state index in [1.54, 1.807) is 25.3 Å². The lowest BCUT2D eigenvalue weighted by Gasteiger charge is -2.26. The van der Waals surface area contributed by atoms with Gasteiger partial charge in [0.05, 0.1) is 31.4 Å². The quantitative estimate of drug-likeness (QED) is 0.180. The first-order valence-electron chi connectivity index (χ1n) is 13.2. The molecular formula is C31H41NO6. The summed E-state index contributed by atoms with van der Waals surface area (Å²) in [5, 5.41) is 11.6. The highest BCUT2D eigenvalue weighted by molar-refractivity contribution is 6.46. The number of nitrogens with zero attached hydrogens (tertiary/aromatic N) is 1. The minimum Gasteiger partial charge on any atom is -0.507 e. The standard InChI is InChI=1S/C31H41NO6/c1-9-37-25-17-21(12-14-24(25)36-8)27-26(29(34)30(35)32(27)15-10-16-38-19(2)3)28(33)23-18-22(31(5,6)7)13-11-20(23)4/h11-14,17-19,27,33H,9-10,15-16H2,1-8H3/b28-26+. The molecule has 1 saturated heterocycles. The number of benzene rings is 2. The molecule has 0 radical (unpaired) electrons. The van der Waals surface area contributed by atoms with E-state index in [0.717, 1.165) is 11.1 Å². The van der Waals surface area contributed by atoms with Gasteiger partial charge in [-0.1, -0.05) is 39.0 Å². The third-order valence-electron chi connectivity index (χ3n) is 6.70. The van der Waals surface area contributed by atoms with Gasteiger partial charge in [-0.3, -0.25) is 9.59 Å². The smallest absolute Gasteiger partial charge is 0.295 e. The minimum absolute atomic E-state index is 0.0645. The number of likely N-dealkylation sites (tertiary alicyclic amines) is 1. The van der Waals surface area contributed by atoms with Crippen LogP contribution in [0.15, 0.2) is 42.0 Å². The van der Waals surface area contributed by atoms with Gasteiger partial charge in [0, 0.05) is 18.7 Å². The summed E-state index contributed by atoms with van der Waals surface area (Å²) in [5.74, 6) is -0.462. The fraction of sp³-hybridized carbons (Fsp3) is 0.484. The average molecular weight is 524 g/mol. The monoisotopic (exact) mass is 523 g/mol. The van der Waals surface area contributed by atoms with Crippen molar-refractivity contribution in [1.82, 2.24) is 4.90 Å². The summed E-state index contributed by atoms with van der Waals surface area (Å²) >= 11 is 0. The number of hydrogen-bond donors (Lipinski definition) is 1. The number of carbonyl (C=O) groups is 2. The molecule has 1 fully saturated rings. The van der Waals surface area contributed by atoms with Crippen LogP contribution >= 0.6 is 0 Å². The number of carbonyl (C=O) groups excluding carboxylic acids is 2. The molecule has 0 bridgehead atoms. The molecule has 1 atom stereocenters. The normalized spacial score (nSPS) is 17.4. The molecule has 206 valence electrons. The van der Waals surface area contributed by atoms with E-state index < -0.39 is 17.7 Å². The Labute approximate surface area is 226 Å². The molecule has 3 rings (SSSR count). The Kier molecular flexibility index (Phi) is 9.26. The highest BCUT2D eigenvalue weighted by Crippen LogP contribution is 2.42. The van der Waals surface area contributed by atoms with Gasteiger partial charge in [-0.2, -0.15) is 0 Å². The predicted molar refractivity (Wildman–Crippen MR) is 149 cm³/mol. The maximum Gasteiger partial charge on any atom is 0.295 e. The van der Waals surface area contributed by atoms with E-state index in [1.165, 1.54) is 4.90 Å². The van der Waals surface area contributed by atoms with Gasteiger partial charge >= 0.3 is 0 Å². The molecule has 0 aromatic heterocycles. The molecule has 2 aromatic carbocycles. The second-order valence-electron chi connectivity index (χ2n) is 10.9. The molecule has 7 nitrogen and oxygen atoms in total. The first-order valence-corrected chi connectivity index (χ1v) is 13.2. The van der Waals surface area contributed by atoms with E-state index in [1.807, 2.05) is 45.9 Å². The van der Waals surface area contributed by atoms with Crippen LogP contribution < -0.4 is 9.47 Å². The Morgan fingerprint density at radius 3 is 2.39 bits per heavy atom. The number of ether oxygens (including phenoxy) is 3. The molecule has 38 heavy (non-hydrogen) atoms. The Hall–Kier alpha value is -3.32. The van der Waals surface area contributed by atoms with Gasteiger partial charge in [0.2, 0.25) is 0 Å². The van der Waals surface area contributed by atoms with Gasteiger partial charge < -0.3 is 24.2 Å². The molecule has 1 unspecified atom stereocenters. The summed E-state index contributed by atoms with van der Waals surface area (Å²) in [6, 6.07) is 10.4. The number of methoxy groups -OCH3 is 1. The van der Waals surface area contributed by atoms with Crippen LogP contribution in [-0.2, 0) is 19.7 Å². The van der Waals surface area contributed by atoms with E-state index in [2.05, 4.69) is 20.8 Å². The van der Waals surface area contributed by atoms with Crippen LogP contribution in [0.4, 0.5) is 0 Å². The van der Waals surface area contributed by atoms with Crippen molar-refractivity contribution >= 4 is 17.4 Å². The highest BCUT2D eigenvalue weighted by atomic mass is 16.5. The largest absolute Gasteiger partial charge is 0.507 e. The number of ketones is 1. The minimum atomic E-state index is -0.781. The lowest BCUT2D eigenvalue weighted by Crippen LogP contribution is -2.31. The van der Waals surface area contributed by atoms with Crippen molar-refractivity contribution in [3.63, 3.8) is 0 Å². The van der Waals surface area contributed by atoms with E-state index in [-0.39, 0.29) is 22.9 Å². The zero-order valence-corrected chi connectivity index (χ0v) is 23.9. The SMILES string of the molecule is CCOc1cc(C2/C(=C(\O)c3cc(C(C)(C)C)ccc3C)C(=O)C(=O)N2CCCOC(C)C)ccc1OC. The summed E-state index contributed by atoms with van der Waals surface area (Å²) in [4.78, 5) is 28.4. The maximum absolute atomic E-state index is 13.5. The van der Waals surface area contributed by atoms with Crippen LogP contribution in [-0.4, -0.2) is 54.7 Å². The Morgan fingerprint density at radius 2 is 1.79 bits per heavy atom. The third-order valence-corrected chi connectivity index (χ3v) is 6.70. The third kappa shape index (κ3) is 6.21. The number of aryl methyl sites for hydroxylation is 1. The number of Topliss-reactive ketones (excluding diaryl/α,β-unsaturated/α-hetero) is 1. The molecule has 0 saturated carbocycles. The van der Waals surface area contributed by atoms with Crippen molar-refractivity contribution in [3.05, 3.63) is 64.2 Å². The molecular weight excluding hydrogens is 482 g/mol. The van der Waals surface area contributed by atoms with E-state index in [9.17, 15) is 14.7 Å². The molecule has 1 aliphatic rings. The van der Waals surface area contributed by atoms with Crippen molar-refractivity contribution < 1.29 is 28.9 Å². The summed E-state index contributed by atoms with van der Waals surface area (Å²) in [5.41, 5.74) is 2.94. The molecule has 7 heteroatoms. The molecule has 1 amide bonds. The van der Waals surface area contributed by atoms with Gasteiger partial charge in [0.15, 0.2) is 11.5 Å². The fourth-order valence-electron chi connectivity index (χ4n) is 4.63. The number of hydrogen-bond acceptors (Lipinski definition) is 6. The number of aliphatic hydroxyl groups excluding tert-OH is 1. The summed E-state index contributed by atoms with van der Waals surface area (Å²) < 4.78 is 16.9. The zero-order valence-electron chi connectivity index (χ0n) is 23.9. The summed E-state index contributed by atoms with van der Waals surface area (Å²) in [6.07, 6.45) is 0.615. The Balaban J connectivity index is 2.19. The second-order valence-corrected chi connectivity index (χ2v) is 10.9. The van der Waals surface area contributed by atoms with Crippen LogP contribution in [0.1, 0.15) is 76.3 Å². The molecule has 1 heterocycles. The Morgan fingerprint density at radius 1 is 1.08 bits per heavy atom. The van der Waals surface area contributed by atoms with Gasteiger partial charge in [0.1, 0.15) is 5.76 Å². The molecule has 0 aliphatic carbocycles. The van der Waals surface area contributed by atoms with E-state index in [0.29, 0.717) is 48.8 Å². The summed E-state index contributed by atoms with van der Waals surface area (Å²) in [7, 11) is 1.56. The van der Waals surface area contributed by atoms with E-state index in [4.69, 9.17) is 14.2 Å². The molecule has 1 aliphatic heterocycles. The summed E-state index contributed by atoms with van der Waals surface area (Å²) in [6.45, 7) is 15.1. The molecule has 2 aromatic rings. The molecule has 1 N–H and O–H groups in total. The van der Waals surface area contributed by atoms with Crippen LogP contribution in [0.25, 0.3) is 5.76 Å². The highest BCUT2D eigenvalue weighted by Gasteiger charge is 2.46. The van der Waals surface area contributed by atoms with Crippen LogP contribution in [0, 0.1) is 6.92 Å². The lowest BCUT2D eigenvalue weighted by atomic mass is 9.84. The van der Waals surface area contributed by atoms with Gasteiger partial charge in [-0.15, -0.1) is 0 Å².